The molecule has 2 unspecified atom stereocenters. The Kier molecular flexibility index (Phi) is 2.16. The summed E-state index contributed by atoms with van der Waals surface area (Å²) in [6, 6.07) is 2.20. The zero-order chi connectivity index (χ0) is 9.42. The number of aryl methyl sites for hydroxylation is 1. The van der Waals surface area contributed by atoms with E-state index < -0.39 is 0 Å². The predicted octanol–water partition coefficient (Wildman–Crippen LogP) is 2.08. The van der Waals surface area contributed by atoms with Crippen LogP contribution < -0.4 is 5.32 Å². The monoisotopic (exact) mass is 179 g/mol. The van der Waals surface area contributed by atoms with Gasteiger partial charge in [-0.05, 0) is 31.5 Å². The average molecular weight is 179 g/mol. The van der Waals surface area contributed by atoms with E-state index in [1.807, 2.05) is 14.0 Å². The average Bonchev–Trinajstić information content (AvgIpc) is 2.52. The van der Waals surface area contributed by atoms with Crippen LogP contribution in [0.3, 0.4) is 0 Å². The summed E-state index contributed by atoms with van der Waals surface area (Å²) in [5, 5.41) is 3.25. The molecule has 0 aromatic carbocycles. The molecule has 1 aliphatic rings. The number of furan rings is 1. The molecule has 2 rings (SSSR count). The van der Waals surface area contributed by atoms with E-state index in [2.05, 4.69) is 18.3 Å². The Bertz CT molecular complexity index is 303. The van der Waals surface area contributed by atoms with Crippen molar-refractivity contribution in [1.82, 2.24) is 5.32 Å². The molecule has 72 valence electrons. The van der Waals surface area contributed by atoms with Crippen molar-refractivity contribution in [2.75, 3.05) is 13.6 Å². The van der Waals surface area contributed by atoms with Crippen molar-refractivity contribution in [3.05, 3.63) is 23.2 Å². The molecule has 2 nitrogen and oxygen atoms in total. The molecule has 0 fully saturated rings. The smallest absolute Gasteiger partial charge is 0.107 e. The maximum absolute atomic E-state index is 5.65. The summed E-state index contributed by atoms with van der Waals surface area (Å²) in [6.07, 6.45) is 1.11. The number of likely N-dealkylation sites (N-methyl/N-ethyl adjacent to an activating group) is 1. The van der Waals surface area contributed by atoms with Crippen LogP contribution in [0.1, 0.15) is 29.9 Å². The van der Waals surface area contributed by atoms with Crippen LogP contribution >= 0.6 is 0 Å². The quantitative estimate of drug-likeness (QED) is 0.752. The number of nitrogens with one attached hydrogen (secondary N) is 1. The lowest BCUT2D eigenvalue weighted by Gasteiger charge is -2.14. The first-order chi connectivity index (χ1) is 6.22. The van der Waals surface area contributed by atoms with E-state index in [9.17, 15) is 0 Å². The Labute approximate surface area is 79.3 Å². The Morgan fingerprint density at radius 2 is 2.38 bits per heavy atom. The van der Waals surface area contributed by atoms with Crippen molar-refractivity contribution in [1.29, 1.82) is 0 Å². The Balaban J connectivity index is 2.27. The van der Waals surface area contributed by atoms with E-state index in [1.165, 1.54) is 11.3 Å². The second-order valence-electron chi connectivity index (χ2n) is 4.08. The largest absolute Gasteiger partial charge is 0.466 e. The van der Waals surface area contributed by atoms with Gasteiger partial charge in [0.2, 0.25) is 0 Å². The van der Waals surface area contributed by atoms with Gasteiger partial charge in [-0.2, -0.15) is 0 Å². The third-order valence-electron chi connectivity index (χ3n) is 2.98. The highest BCUT2D eigenvalue weighted by atomic mass is 16.3. The molecule has 1 aromatic rings. The molecule has 0 saturated carbocycles. The summed E-state index contributed by atoms with van der Waals surface area (Å²) in [4.78, 5) is 0. The minimum absolute atomic E-state index is 0.650. The van der Waals surface area contributed by atoms with Gasteiger partial charge >= 0.3 is 0 Å². The molecule has 0 bridgehead atoms. The first-order valence-electron chi connectivity index (χ1n) is 4.96. The summed E-state index contributed by atoms with van der Waals surface area (Å²) < 4.78 is 5.65. The van der Waals surface area contributed by atoms with Gasteiger partial charge in [0, 0.05) is 18.9 Å². The molecule has 13 heavy (non-hydrogen) atoms. The van der Waals surface area contributed by atoms with Gasteiger partial charge in [0.25, 0.3) is 0 Å². The van der Waals surface area contributed by atoms with E-state index in [1.54, 1.807) is 0 Å². The Morgan fingerprint density at radius 1 is 1.62 bits per heavy atom. The normalized spacial score (nSPS) is 26.4. The van der Waals surface area contributed by atoms with Crippen LogP contribution in [0.5, 0.6) is 0 Å². The van der Waals surface area contributed by atoms with E-state index in [0.717, 1.165) is 24.6 Å². The molecular formula is C11H17NO. The lowest BCUT2D eigenvalue weighted by Crippen LogP contribution is -2.19. The van der Waals surface area contributed by atoms with Crippen LogP contribution in [-0.2, 0) is 6.42 Å². The summed E-state index contributed by atoms with van der Waals surface area (Å²) in [6.45, 7) is 5.39. The van der Waals surface area contributed by atoms with E-state index in [-0.39, 0.29) is 0 Å². The molecule has 0 spiro atoms. The van der Waals surface area contributed by atoms with Gasteiger partial charge in [-0.15, -0.1) is 0 Å². The van der Waals surface area contributed by atoms with Gasteiger partial charge in [-0.25, -0.2) is 0 Å². The number of hydrogen-bond acceptors (Lipinski definition) is 2. The minimum Gasteiger partial charge on any atom is -0.466 e. The maximum atomic E-state index is 5.65. The highest BCUT2D eigenvalue weighted by Crippen LogP contribution is 2.38. The van der Waals surface area contributed by atoms with Gasteiger partial charge in [0.05, 0.1) is 0 Å². The molecular weight excluding hydrogens is 162 g/mol. The molecule has 1 aliphatic carbocycles. The molecule has 1 aromatic heterocycles. The first-order valence-corrected chi connectivity index (χ1v) is 4.96. The van der Waals surface area contributed by atoms with Gasteiger partial charge in [0.15, 0.2) is 0 Å². The second-order valence-corrected chi connectivity index (χ2v) is 4.08. The third-order valence-corrected chi connectivity index (χ3v) is 2.98. The van der Waals surface area contributed by atoms with Gasteiger partial charge in [-0.1, -0.05) is 6.92 Å². The van der Waals surface area contributed by atoms with E-state index in [0.29, 0.717) is 5.92 Å². The van der Waals surface area contributed by atoms with Crippen LogP contribution in [0.25, 0.3) is 0 Å². The Morgan fingerprint density at radius 3 is 3.08 bits per heavy atom. The maximum Gasteiger partial charge on any atom is 0.107 e. The fourth-order valence-corrected chi connectivity index (χ4v) is 2.33. The molecule has 1 heterocycles. The summed E-state index contributed by atoms with van der Waals surface area (Å²) in [5.74, 6) is 3.64. The van der Waals surface area contributed by atoms with Crippen LogP contribution in [0, 0.1) is 12.8 Å². The van der Waals surface area contributed by atoms with Crippen molar-refractivity contribution in [3.8, 4) is 0 Å². The highest BCUT2D eigenvalue weighted by molar-refractivity contribution is 5.31. The number of hydrogen-bond donors (Lipinski definition) is 1. The molecule has 2 heteroatoms. The lowest BCUT2D eigenvalue weighted by molar-refractivity contribution is 0.437. The molecule has 0 radical (unpaired) electrons. The SMILES string of the molecule is CNCC1c2cc(C)oc2CC1C. The van der Waals surface area contributed by atoms with Crippen LogP contribution in [0.4, 0.5) is 0 Å². The fraction of sp³-hybridized carbons (Fsp3) is 0.636. The molecule has 0 amide bonds. The summed E-state index contributed by atoms with van der Waals surface area (Å²) in [7, 11) is 2.01. The topological polar surface area (TPSA) is 25.2 Å². The van der Waals surface area contributed by atoms with Crippen LogP contribution in [0.2, 0.25) is 0 Å². The highest BCUT2D eigenvalue weighted by Gasteiger charge is 2.31. The summed E-state index contributed by atoms with van der Waals surface area (Å²) >= 11 is 0. The number of fused-ring (bicyclic) bond motifs is 1. The molecule has 0 saturated heterocycles. The van der Waals surface area contributed by atoms with E-state index in [4.69, 9.17) is 4.42 Å². The molecule has 0 aliphatic heterocycles. The van der Waals surface area contributed by atoms with Crippen LogP contribution in [-0.4, -0.2) is 13.6 Å². The first kappa shape index (κ1) is 8.82. The van der Waals surface area contributed by atoms with Crippen molar-refractivity contribution >= 4 is 0 Å². The minimum atomic E-state index is 0.650. The van der Waals surface area contributed by atoms with Crippen molar-refractivity contribution < 1.29 is 4.42 Å². The van der Waals surface area contributed by atoms with Crippen molar-refractivity contribution in [2.45, 2.75) is 26.2 Å². The molecule has 1 N–H and O–H groups in total. The molecule has 2 atom stereocenters. The number of rotatable bonds is 2. The standard InChI is InChI=1S/C11H17NO/c1-7-4-11-9(5-8(2)13-11)10(7)6-12-3/h5,7,10,12H,4,6H2,1-3H3. The van der Waals surface area contributed by atoms with Gasteiger partial charge < -0.3 is 9.73 Å². The third kappa shape index (κ3) is 1.39. The fourth-order valence-electron chi connectivity index (χ4n) is 2.33. The second kappa shape index (κ2) is 3.18. The summed E-state index contributed by atoms with van der Waals surface area (Å²) in [5.41, 5.74) is 1.43. The van der Waals surface area contributed by atoms with Crippen molar-refractivity contribution in [3.63, 3.8) is 0 Å². The van der Waals surface area contributed by atoms with Crippen LogP contribution in [0.15, 0.2) is 10.5 Å². The Hall–Kier alpha value is -0.760. The van der Waals surface area contributed by atoms with Gasteiger partial charge in [-0.3, -0.25) is 0 Å². The predicted molar refractivity (Wildman–Crippen MR) is 53.0 cm³/mol. The van der Waals surface area contributed by atoms with Crippen molar-refractivity contribution in [2.24, 2.45) is 5.92 Å². The van der Waals surface area contributed by atoms with E-state index >= 15 is 0 Å². The van der Waals surface area contributed by atoms with Gasteiger partial charge in [0.1, 0.15) is 11.5 Å². The zero-order valence-electron chi connectivity index (χ0n) is 8.55. The lowest BCUT2D eigenvalue weighted by atomic mass is 9.94. The zero-order valence-corrected chi connectivity index (χ0v) is 8.55.